The van der Waals surface area contributed by atoms with E-state index in [0.717, 1.165) is 12.1 Å². The van der Waals surface area contributed by atoms with Crippen LogP contribution < -0.4 is 11.1 Å². The molecule has 0 aliphatic heterocycles. The van der Waals surface area contributed by atoms with Crippen LogP contribution in [0.3, 0.4) is 0 Å². The second-order valence-electron chi connectivity index (χ2n) is 4.46. The fraction of sp³-hybridized carbons (Fsp3) is 0.417. The van der Waals surface area contributed by atoms with Crippen LogP contribution in [-0.4, -0.2) is 18.2 Å². The molecule has 1 aliphatic rings. The Bertz CT molecular complexity index is 453. The summed E-state index contributed by atoms with van der Waals surface area (Å²) in [4.78, 5) is 11.4. The molecule has 1 aliphatic carbocycles. The maximum Gasteiger partial charge on any atom is 0.416 e. The van der Waals surface area contributed by atoms with Gasteiger partial charge >= 0.3 is 12.3 Å². The van der Waals surface area contributed by atoms with E-state index in [1.54, 1.807) is 0 Å². The summed E-state index contributed by atoms with van der Waals surface area (Å²) in [7, 11) is 0. The van der Waals surface area contributed by atoms with E-state index in [9.17, 15) is 18.0 Å². The summed E-state index contributed by atoms with van der Waals surface area (Å²) in [5.74, 6) is 0. The summed E-state index contributed by atoms with van der Waals surface area (Å²) in [5, 5.41) is 2.37. The molecule has 0 heterocycles. The summed E-state index contributed by atoms with van der Waals surface area (Å²) in [6.07, 6.45) is -4.05. The van der Waals surface area contributed by atoms with E-state index in [0.29, 0.717) is 12.8 Å². The number of nitrogens with two attached hydrogens (primary N) is 1. The first-order valence-electron chi connectivity index (χ1n) is 5.75. The van der Waals surface area contributed by atoms with Gasteiger partial charge in [0, 0.05) is 11.7 Å². The maximum absolute atomic E-state index is 12.3. The van der Waals surface area contributed by atoms with Crippen LogP contribution in [0.2, 0.25) is 0 Å². The van der Waals surface area contributed by atoms with Gasteiger partial charge in [-0.05, 0) is 37.1 Å². The van der Waals surface area contributed by atoms with E-state index in [4.69, 9.17) is 10.5 Å². The van der Waals surface area contributed by atoms with Gasteiger partial charge in [0.1, 0.15) is 6.10 Å². The third-order valence-electron chi connectivity index (χ3n) is 2.86. The van der Waals surface area contributed by atoms with Crippen molar-refractivity contribution in [2.24, 2.45) is 5.73 Å². The van der Waals surface area contributed by atoms with Crippen LogP contribution >= 0.6 is 0 Å². The minimum Gasteiger partial charge on any atom is -0.446 e. The van der Waals surface area contributed by atoms with Crippen LogP contribution in [0.4, 0.5) is 23.7 Å². The zero-order valence-corrected chi connectivity index (χ0v) is 9.91. The van der Waals surface area contributed by atoms with E-state index < -0.39 is 17.8 Å². The molecule has 1 amide bonds. The minimum absolute atomic E-state index is 0.0591. The number of halogens is 3. The number of rotatable bonds is 2. The number of ether oxygens (including phenoxy) is 1. The Morgan fingerprint density at radius 2 is 1.84 bits per heavy atom. The van der Waals surface area contributed by atoms with Gasteiger partial charge in [-0.1, -0.05) is 0 Å². The van der Waals surface area contributed by atoms with E-state index in [-0.39, 0.29) is 17.8 Å². The molecule has 3 N–H and O–H groups in total. The molecule has 0 unspecified atom stereocenters. The van der Waals surface area contributed by atoms with Crippen LogP contribution in [0.25, 0.3) is 0 Å². The standard InChI is InChI=1S/C12H13F3N2O2/c13-12(14,15)7-1-3-9(4-2-7)17-11(18)19-10-5-8(16)6-10/h1-4,8,10H,5-6,16H2,(H,17,18). The first-order valence-corrected chi connectivity index (χ1v) is 5.75. The van der Waals surface area contributed by atoms with Gasteiger partial charge in [-0.15, -0.1) is 0 Å². The predicted octanol–water partition coefficient (Wildman–Crippen LogP) is 2.74. The van der Waals surface area contributed by atoms with Crippen molar-refractivity contribution in [3.63, 3.8) is 0 Å². The topological polar surface area (TPSA) is 64.3 Å². The molecule has 0 radical (unpaired) electrons. The maximum atomic E-state index is 12.3. The molecule has 0 bridgehead atoms. The number of carbonyl (C=O) groups excluding carboxylic acids is 1. The number of anilines is 1. The van der Waals surface area contributed by atoms with E-state index in [2.05, 4.69) is 5.32 Å². The van der Waals surface area contributed by atoms with Crippen molar-refractivity contribution in [1.82, 2.24) is 0 Å². The van der Waals surface area contributed by atoms with Crippen molar-refractivity contribution < 1.29 is 22.7 Å². The monoisotopic (exact) mass is 274 g/mol. The quantitative estimate of drug-likeness (QED) is 0.871. The lowest BCUT2D eigenvalue weighted by atomic mass is 9.90. The molecule has 1 saturated carbocycles. The molecular weight excluding hydrogens is 261 g/mol. The molecule has 1 aromatic carbocycles. The molecule has 0 aromatic heterocycles. The van der Waals surface area contributed by atoms with Crippen LogP contribution in [0.1, 0.15) is 18.4 Å². The number of benzene rings is 1. The molecule has 4 nitrogen and oxygen atoms in total. The average molecular weight is 274 g/mol. The number of amides is 1. The highest BCUT2D eigenvalue weighted by atomic mass is 19.4. The van der Waals surface area contributed by atoms with Crippen LogP contribution in [0.15, 0.2) is 24.3 Å². The molecule has 0 saturated heterocycles. The van der Waals surface area contributed by atoms with E-state index >= 15 is 0 Å². The van der Waals surface area contributed by atoms with Crippen LogP contribution in [0.5, 0.6) is 0 Å². The molecule has 104 valence electrons. The second-order valence-corrected chi connectivity index (χ2v) is 4.46. The van der Waals surface area contributed by atoms with Crippen molar-refractivity contribution in [2.75, 3.05) is 5.32 Å². The SMILES string of the molecule is NC1CC(OC(=O)Nc2ccc(C(F)(F)F)cc2)C1. The Kier molecular flexibility index (Phi) is 3.66. The highest BCUT2D eigenvalue weighted by molar-refractivity contribution is 5.84. The Morgan fingerprint density at radius 1 is 1.26 bits per heavy atom. The number of hydrogen-bond donors (Lipinski definition) is 2. The van der Waals surface area contributed by atoms with Gasteiger partial charge in [0.05, 0.1) is 5.56 Å². The van der Waals surface area contributed by atoms with Crippen molar-refractivity contribution >= 4 is 11.8 Å². The van der Waals surface area contributed by atoms with Gasteiger partial charge in [-0.3, -0.25) is 5.32 Å². The lowest BCUT2D eigenvalue weighted by molar-refractivity contribution is -0.137. The zero-order valence-electron chi connectivity index (χ0n) is 9.91. The predicted molar refractivity (Wildman–Crippen MR) is 62.5 cm³/mol. The van der Waals surface area contributed by atoms with Crippen molar-refractivity contribution in [2.45, 2.75) is 31.2 Å². The first kappa shape index (κ1) is 13.7. The first-order chi connectivity index (χ1) is 8.84. The molecule has 0 atom stereocenters. The second kappa shape index (κ2) is 5.08. The fourth-order valence-corrected chi connectivity index (χ4v) is 1.74. The minimum atomic E-state index is -4.39. The summed E-state index contributed by atoms with van der Waals surface area (Å²) in [6, 6.07) is 4.21. The largest absolute Gasteiger partial charge is 0.446 e. The number of hydrogen-bond acceptors (Lipinski definition) is 3. The highest BCUT2D eigenvalue weighted by Crippen LogP contribution is 2.30. The number of alkyl halides is 3. The Balaban J connectivity index is 1.87. The van der Waals surface area contributed by atoms with Crippen molar-refractivity contribution in [3.8, 4) is 0 Å². The third-order valence-corrected chi connectivity index (χ3v) is 2.86. The van der Waals surface area contributed by atoms with Gasteiger partial charge in [-0.25, -0.2) is 4.79 Å². The zero-order chi connectivity index (χ0) is 14.0. The number of nitrogens with one attached hydrogen (secondary N) is 1. The Hall–Kier alpha value is -1.76. The van der Waals surface area contributed by atoms with Crippen LogP contribution in [-0.2, 0) is 10.9 Å². The molecule has 1 aromatic rings. The van der Waals surface area contributed by atoms with Gasteiger partial charge in [0.15, 0.2) is 0 Å². The Morgan fingerprint density at radius 3 is 2.32 bits per heavy atom. The number of carbonyl (C=O) groups is 1. The third kappa shape index (κ3) is 3.60. The average Bonchev–Trinajstić information content (AvgIpc) is 2.26. The van der Waals surface area contributed by atoms with E-state index in [1.807, 2.05) is 0 Å². The van der Waals surface area contributed by atoms with Gasteiger partial charge in [-0.2, -0.15) is 13.2 Å². The lowest BCUT2D eigenvalue weighted by Crippen LogP contribution is -2.43. The van der Waals surface area contributed by atoms with Gasteiger partial charge < -0.3 is 10.5 Å². The molecule has 1 fully saturated rings. The summed E-state index contributed by atoms with van der Waals surface area (Å²) in [5.41, 5.74) is 5.02. The highest BCUT2D eigenvalue weighted by Gasteiger charge is 2.31. The summed E-state index contributed by atoms with van der Waals surface area (Å²) < 4.78 is 42.0. The van der Waals surface area contributed by atoms with Gasteiger partial charge in [0.25, 0.3) is 0 Å². The van der Waals surface area contributed by atoms with Crippen LogP contribution in [0, 0.1) is 0 Å². The summed E-state index contributed by atoms with van der Waals surface area (Å²) >= 11 is 0. The van der Waals surface area contributed by atoms with Gasteiger partial charge in [0.2, 0.25) is 0 Å². The fourth-order valence-electron chi connectivity index (χ4n) is 1.74. The molecule has 0 spiro atoms. The molecule has 19 heavy (non-hydrogen) atoms. The van der Waals surface area contributed by atoms with E-state index in [1.165, 1.54) is 12.1 Å². The smallest absolute Gasteiger partial charge is 0.416 e. The van der Waals surface area contributed by atoms with Crippen molar-refractivity contribution in [3.05, 3.63) is 29.8 Å². The normalized spacial score (nSPS) is 22.5. The molecule has 2 rings (SSSR count). The summed E-state index contributed by atoms with van der Waals surface area (Å²) in [6.45, 7) is 0. The lowest BCUT2D eigenvalue weighted by Gasteiger charge is -2.31. The Labute approximate surface area is 107 Å². The van der Waals surface area contributed by atoms with Crippen molar-refractivity contribution in [1.29, 1.82) is 0 Å². The molecule has 7 heteroatoms. The molecular formula is C12H13F3N2O2.